The fourth-order valence-electron chi connectivity index (χ4n) is 4.07. The number of carbonyl (C=O) groups excluding carboxylic acids is 2. The molecule has 3 aromatic carbocycles. The number of hydrogen-bond donors (Lipinski definition) is 1. The minimum atomic E-state index is -0.546. The summed E-state index contributed by atoms with van der Waals surface area (Å²) in [6.07, 6.45) is 2.31. The Bertz CT molecular complexity index is 1090. The van der Waals surface area contributed by atoms with Crippen LogP contribution in [0.15, 0.2) is 66.7 Å². The summed E-state index contributed by atoms with van der Waals surface area (Å²) in [5.41, 5.74) is 1.98. The second-order valence-electron chi connectivity index (χ2n) is 8.49. The summed E-state index contributed by atoms with van der Waals surface area (Å²) in [4.78, 5) is 28.3. The number of nitrogens with zero attached hydrogens (tertiary/aromatic N) is 1. The van der Waals surface area contributed by atoms with E-state index in [1.807, 2.05) is 63.2 Å². The number of amides is 2. The number of rotatable bonds is 10. The highest BCUT2D eigenvalue weighted by Gasteiger charge is 2.29. The van der Waals surface area contributed by atoms with Gasteiger partial charge in [0.25, 0.3) is 0 Å². The summed E-state index contributed by atoms with van der Waals surface area (Å²) in [5.74, 6) is -0.161. The van der Waals surface area contributed by atoms with E-state index in [0.29, 0.717) is 30.8 Å². The molecule has 0 radical (unpaired) electrons. The number of halogens is 1. The van der Waals surface area contributed by atoms with Crippen LogP contribution in [0.25, 0.3) is 10.8 Å². The predicted octanol–water partition coefficient (Wildman–Crippen LogP) is 6.15. The molecule has 3 aromatic rings. The molecule has 0 aliphatic carbocycles. The maximum atomic E-state index is 13.5. The van der Waals surface area contributed by atoms with E-state index in [9.17, 15) is 9.59 Å². The van der Waals surface area contributed by atoms with E-state index in [1.54, 1.807) is 4.90 Å². The molecule has 0 saturated heterocycles. The summed E-state index contributed by atoms with van der Waals surface area (Å²) in [6, 6.07) is 21.4. The second-order valence-corrected chi connectivity index (χ2v) is 8.90. The Morgan fingerprint density at radius 3 is 2.30 bits per heavy atom. The molecule has 0 unspecified atom stereocenters. The maximum absolute atomic E-state index is 13.5. The Balaban J connectivity index is 1.84. The molecule has 0 aliphatic heterocycles. The highest BCUT2D eigenvalue weighted by atomic mass is 35.5. The lowest BCUT2D eigenvalue weighted by Gasteiger charge is -2.32. The van der Waals surface area contributed by atoms with Crippen LogP contribution in [0.2, 0.25) is 5.02 Å². The second kappa shape index (κ2) is 11.9. The molecule has 0 aromatic heterocycles. The van der Waals surface area contributed by atoms with Crippen LogP contribution in [-0.2, 0) is 22.6 Å². The number of benzene rings is 3. The number of hydrogen-bond acceptors (Lipinski definition) is 2. The van der Waals surface area contributed by atoms with Crippen molar-refractivity contribution in [2.24, 2.45) is 0 Å². The van der Waals surface area contributed by atoms with Crippen LogP contribution < -0.4 is 5.32 Å². The van der Waals surface area contributed by atoms with Gasteiger partial charge in [-0.2, -0.15) is 0 Å². The maximum Gasteiger partial charge on any atom is 0.243 e. The molecular weight excluding hydrogens is 432 g/mol. The van der Waals surface area contributed by atoms with E-state index in [0.717, 1.165) is 28.3 Å². The SMILES string of the molecule is CC[C@@H](C)NC(=O)[C@@H](CC)N(Cc1ccccc1Cl)C(=O)CCc1cccc2ccccc12. The van der Waals surface area contributed by atoms with Crippen LogP contribution in [0.1, 0.15) is 51.2 Å². The summed E-state index contributed by atoms with van der Waals surface area (Å²) in [6.45, 7) is 6.26. The average Bonchev–Trinajstić information content (AvgIpc) is 2.83. The quantitative estimate of drug-likeness (QED) is 0.391. The van der Waals surface area contributed by atoms with Gasteiger partial charge in [0.15, 0.2) is 0 Å². The molecular formula is C28H33ClN2O2. The van der Waals surface area contributed by atoms with Crippen molar-refractivity contribution in [1.29, 1.82) is 0 Å². The van der Waals surface area contributed by atoms with Gasteiger partial charge in [-0.25, -0.2) is 0 Å². The van der Waals surface area contributed by atoms with E-state index in [-0.39, 0.29) is 17.9 Å². The third-order valence-electron chi connectivity index (χ3n) is 6.17. The lowest BCUT2D eigenvalue weighted by Crippen LogP contribution is -2.50. The molecule has 0 spiro atoms. The molecule has 174 valence electrons. The van der Waals surface area contributed by atoms with Crippen LogP contribution >= 0.6 is 11.6 Å². The van der Waals surface area contributed by atoms with Crippen molar-refractivity contribution in [2.45, 2.75) is 65.1 Å². The summed E-state index contributed by atoms with van der Waals surface area (Å²) < 4.78 is 0. The van der Waals surface area contributed by atoms with Crippen molar-refractivity contribution >= 4 is 34.2 Å². The van der Waals surface area contributed by atoms with Crippen LogP contribution in [0, 0.1) is 0 Å². The largest absolute Gasteiger partial charge is 0.352 e. The lowest BCUT2D eigenvalue weighted by molar-refractivity contribution is -0.141. The molecule has 0 aliphatic rings. The zero-order chi connectivity index (χ0) is 23.8. The van der Waals surface area contributed by atoms with Crippen LogP contribution in [0.4, 0.5) is 0 Å². The number of fused-ring (bicyclic) bond motifs is 1. The van der Waals surface area contributed by atoms with E-state index < -0.39 is 6.04 Å². The molecule has 0 saturated carbocycles. The standard InChI is InChI=1S/C28H33ClN2O2/c1-4-20(3)30-28(33)26(5-2)31(19-23-12-7-9-16-25(23)29)27(32)18-17-22-14-10-13-21-11-6-8-15-24(21)22/h6-16,20,26H,4-5,17-19H2,1-3H3,(H,30,33)/t20-,26-/m1/s1. The van der Waals surface area contributed by atoms with Crippen LogP contribution in [-0.4, -0.2) is 28.8 Å². The van der Waals surface area contributed by atoms with Gasteiger partial charge in [-0.05, 0) is 54.2 Å². The van der Waals surface area contributed by atoms with Gasteiger partial charge in [-0.15, -0.1) is 0 Å². The number of carbonyl (C=O) groups is 2. The van der Waals surface area contributed by atoms with Crippen LogP contribution in [0.5, 0.6) is 0 Å². The minimum Gasteiger partial charge on any atom is -0.352 e. The zero-order valence-corrected chi connectivity index (χ0v) is 20.4. The third kappa shape index (κ3) is 6.35. The molecule has 0 heterocycles. The molecule has 2 amide bonds. The highest BCUT2D eigenvalue weighted by molar-refractivity contribution is 6.31. The smallest absolute Gasteiger partial charge is 0.243 e. The average molecular weight is 465 g/mol. The Morgan fingerprint density at radius 2 is 1.58 bits per heavy atom. The summed E-state index contributed by atoms with van der Waals surface area (Å²) >= 11 is 6.41. The Kier molecular flexibility index (Phi) is 8.90. The van der Waals surface area contributed by atoms with Crippen molar-refractivity contribution in [2.75, 3.05) is 0 Å². The highest BCUT2D eigenvalue weighted by Crippen LogP contribution is 2.23. The lowest BCUT2D eigenvalue weighted by atomic mass is 10.00. The first kappa shape index (κ1) is 24.8. The topological polar surface area (TPSA) is 49.4 Å². The molecule has 5 heteroatoms. The van der Waals surface area contributed by atoms with Gasteiger partial charge in [0.1, 0.15) is 6.04 Å². The fraction of sp³-hybridized carbons (Fsp3) is 0.357. The molecule has 4 nitrogen and oxygen atoms in total. The first-order valence-electron chi connectivity index (χ1n) is 11.7. The molecule has 0 fully saturated rings. The molecule has 2 atom stereocenters. The van der Waals surface area contributed by atoms with Crippen molar-refractivity contribution in [3.63, 3.8) is 0 Å². The fourth-order valence-corrected chi connectivity index (χ4v) is 4.26. The summed E-state index contributed by atoms with van der Waals surface area (Å²) in [5, 5.41) is 5.97. The number of nitrogens with one attached hydrogen (secondary N) is 1. The molecule has 33 heavy (non-hydrogen) atoms. The first-order valence-corrected chi connectivity index (χ1v) is 12.1. The van der Waals surface area contributed by atoms with Gasteiger partial charge in [0.05, 0.1) is 0 Å². The van der Waals surface area contributed by atoms with E-state index in [4.69, 9.17) is 11.6 Å². The minimum absolute atomic E-state index is 0.0472. The molecule has 3 rings (SSSR count). The van der Waals surface area contributed by atoms with Crippen molar-refractivity contribution in [3.05, 3.63) is 82.9 Å². The van der Waals surface area contributed by atoms with Crippen molar-refractivity contribution in [3.8, 4) is 0 Å². The van der Waals surface area contributed by atoms with E-state index in [1.165, 1.54) is 0 Å². The molecule has 0 bridgehead atoms. The first-order chi connectivity index (χ1) is 15.9. The third-order valence-corrected chi connectivity index (χ3v) is 6.54. The van der Waals surface area contributed by atoms with Crippen LogP contribution in [0.3, 0.4) is 0 Å². The number of aryl methyl sites for hydroxylation is 1. The summed E-state index contributed by atoms with van der Waals surface area (Å²) in [7, 11) is 0. The zero-order valence-electron chi connectivity index (χ0n) is 19.7. The molecule has 1 N–H and O–H groups in total. The van der Waals surface area contributed by atoms with Gasteiger partial charge in [-0.3, -0.25) is 9.59 Å². The van der Waals surface area contributed by atoms with Gasteiger partial charge < -0.3 is 10.2 Å². The Hall–Kier alpha value is -2.85. The van der Waals surface area contributed by atoms with Crippen molar-refractivity contribution in [1.82, 2.24) is 10.2 Å². The van der Waals surface area contributed by atoms with Gasteiger partial charge >= 0.3 is 0 Å². The van der Waals surface area contributed by atoms with Gasteiger partial charge in [-0.1, -0.05) is 86.1 Å². The van der Waals surface area contributed by atoms with Crippen molar-refractivity contribution < 1.29 is 9.59 Å². The van der Waals surface area contributed by atoms with E-state index in [2.05, 4.69) is 29.6 Å². The normalized spacial score (nSPS) is 12.8. The predicted molar refractivity (Wildman–Crippen MR) is 136 cm³/mol. The Labute approximate surface area is 201 Å². The van der Waals surface area contributed by atoms with Gasteiger partial charge in [0, 0.05) is 24.0 Å². The Morgan fingerprint density at radius 1 is 0.909 bits per heavy atom. The van der Waals surface area contributed by atoms with E-state index >= 15 is 0 Å². The van der Waals surface area contributed by atoms with Gasteiger partial charge in [0.2, 0.25) is 11.8 Å². The monoisotopic (exact) mass is 464 g/mol.